The zero-order valence-electron chi connectivity index (χ0n) is 12.4. The highest BCUT2D eigenvalue weighted by Crippen LogP contribution is 2.40. The summed E-state index contributed by atoms with van der Waals surface area (Å²) in [4.78, 5) is 12.2. The normalized spacial score (nSPS) is 15.8. The van der Waals surface area contributed by atoms with Crippen LogP contribution in [0.3, 0.4) is 0 Å². The van der Waals surface area contributed by atoms with E-state index in [-0.39, 0.29) is 17.3 Å². The lowest BCUT2D eigenvalue weighted by Gasteiger charge is -2.36. The summed E-state index contributed by atoms with van der Waals surface area (Å²) in [7, 11) is 1.60. The summed E-state index contributed by atoms with van der Waals surface area (Å²) in [6, 6.07) is 0. The number of carbonyl (C=O) groups excluding carboxylic acids is 1. The van der Waals surface area contributed by atoms with Gasteiger partial charge in [-0.25, -0.2) is 0 Å². The molecule has 0 saturated carbocycles. The molecular formula is C14H28O3. The number of rotatable bonds is 6. The highest BCUT2D eigenvalue weighted by Gasteiger charge is 2.41. The number of carbonyl (C=O) groups is 1. The zero-order valence-corrected chi connectivity index (χ0v) is 12.4. The van der Waals surface area contributed by atoms with E-state index in [1.54, 1.807) is 7.11 Å². The van der Waals surface area contributed by atoms with Crippen molar-refractivity contribution in [3.8, 4) is 0 Å². The number of esters is 1. The first-order chi connectivity index (χ1) is 7.63. The lowest BCUT2D eigenvalue weighted by atomic mass is 9.69. The first kappa shape index (κ1) is 16.4. The zero-order chi connectivity index (χ0) is 13.7. The molecule has 3 heteroatoms. The second-order valence-electron chi connectivity index (χ2n) is 6.44. The average molecular weight is 244 g/mol. The maximum Gasteiger partial charge on any atom is 0.312 e. The largest absolute Gasteiger partial charge is 0.463 e. The van der Waals surface area contributed by atoms with E-state index in [1.807, 2.05) is 6.92 Å². The van der Waals surface area contributed by atoms with Gasteiger partial charge in [0.25, 0.3) is 0 Å². The minimum atomic E-state index is -0.425. The Morgan fingerprint density at radius 3 is 2.00 bits per heavy atom. The summed E-state index contributed by atoms with van der Waals surface area (Å²) in [6.07, 6.45) is 0.823. The molecule has 0 rings (SSSR count). The third kappa shape index (κ3) is 5.53. The van der Waals surface area contributed by atoms with Gasteiger partial charge in [0.05, 0.1) is 12.0 Å². The number of ether oxygens (including phenoxy) is 2. The quantitative estimate of drug-likeness (QED) is 0.531. The molecule has 0 radical (unpaired) electrons. The van der Waals surface area contributed by atoms with Gasteiger partial charge in [-0.3, -0.25) is 4.79 Å². The molecule has 0 amide bonds. The standard InChI is InChI=1S/C14H28O3/c1-11(2)14(6,10-13(3,4)5)12(15)17-9-8-16-7/h11H,8-10H2,1-7H3. The SMILES string of the molecule is COCCOC(=O)C(C)(CC(C)(C)C)C(C)C. The molecule has 0 saturated heterocycles. The highest BCUT2D eigenvalue weighted by molar-refractivity contribution is 5.76. The summed E-state index contributed by atoms with van der Waals surface area (Å²) in [5.74, 6) is 0.149. The Morgan fingerprint density at radius 1 is 1.12 bits per heavy atom. The Labute approximate surface area is 106 Å². The molecule has 0 bridgehead atoms. The Bertz CT molecular complexity index is 240. The molecule has 1 atom stereocenters. The molecule has 0 aliphatic heterocycles. The molecule has 0 aromatic rings. The average Bonchev–Trinajstić information content (AvgIpc) is 2.14. The second-order valence-corrected chi connectivity index (χ2v) is 6.44. The van der Waals surface area contributed by atoms with Crippen LogP contribution in [0.5, 0.6) is 0 Å². The smallest absolute Gasteiger partial charge is 0.312 e. The van der Waals surface area contributed by atoms with Crippen molar-refractivity contribution in [1.82, 2.24) is 0 Å². The number of methoxy groups -OCH3 is 1. The lowest BCUT2D eigenvalue weighted by Crippen LogP contribution is -2.38. The van der Waals surface area contributed by atoms with Crippen LogP contribution in [0.15, 0.2) is 0 Å². The third-order valence-corrected chi connectivity index (χ3v) is 3.16. The van der Waals surface area contributed by atoms with Gasteiger partial charge in [0.1, 0.15) is 6.61 Å². The van der Waals surface area contributed by atoms with Crippen molar-refractivity contribution in [2.24, 2.45) is 16.7 Å². The Morgan fingerprint density at radius 2 is 1.65 bits per heavy atom. The van der Waals surface area contributed by atoms with E-state index in [1.165, 1.54) is 0 Å². The highest BCUT2D eigenvalue weighted by atomic mass is 16.6. The fraction of sp³-hybridized carbons (Fsp3) is 0.929. The molecule has 0 aromatic carbocycles. The van der Waals surface area contributed by atoms with E-state index < -0.39 is 5.41 Å². The fourth-order valence-electron chi connectivity index (χ4n) is 2.00. The third-order valence-electron chi connectivity index (χ3n) is 3.16. The van der Waals surface area contributed by atoms with Gasteiger partial charge >= 0.3 is 5.97 Å². The van der Waals surface area contributed by atoms with Crippen molar-refractivity contribution in [1.29, 1.82) is 0 Å². The van der Waals surface area contributed by atoms with Crippen molar-refractivity contribution >= 4 is 5.97 Å². The predicted octanol–water partition coefficient (Wildman–Crippen LogP) is 3.27. The predicted molar refractivity (Wildman–Crippen MR) is 69.9 cm³/mol. The summed E-state index contributed by atoms with van der Waals surface area (Å²) in [6.45, 7) is 13.4. The van der Waals surface area contributed by atoms with Gasteiger partial charge in [-0.05, 0) is 24.7 Å². The van der Waals surface area contributed by atoms with Crippen molar-refractivity contribution in [2.45, 2.75) is 48.0 Å². The molecule has 1 unspecified atom stereocenters. The van der Waals surface area contributed by atoms with Gasteiger partial charge in [0, 0.05) is 7.11 Å². The summed E-state index contributed by atoms with van der Waals surface area (Å²) < 4.78 is 10.2. The maximum absolute atomic E-state index is 12.2. The molecule has 0 N–H and O–H groups in total. The minimum Gasteiger partial charge on any atom is -0.463 e. The van der Waals surface area contributed by atoms with E-state index >= 15 is 0 Å². The monoisotopic (exact) mass is 244 g/mol. The van der Waals surface area contributed by atoms with E-state index in [2.05, 4.69) is 34.6 Å². The van der Waals surface area contributed by atoms with Crippen molar-refractivity contribution in [3.05, 3.63) is 0 Å². The van der Waals surface area contributed by atoms with E-state index in [0.717, 1.165) is 6.42 Å². The molecule has 0 fully saturated rings. The minimum absolute atomic E-state index is 0.110. The molecule has 0 heterocycles. The van der Waals surface area contributed by atoms with Gasteiger partial charge in [-0.15, -0.1) is 0 Å². The van der Waals surface area contributed by atoms with Crippen molar-refractivity contribution < 1.29 is 14.3 Å². The Kier molecular flexibility index (Phi) is 6.17. The first-order valence-corrected chi connectivity index (χ1v) is 6.29. The van der Waals surface area contributed by atoms with Gasteiger partial charge < -0.3 is 9.47 Å². The van der Waals surface area contributed by atoms with Crippen LogP contribution >= 0.6 is 0 Å². The van der Waals surface area contributed by atoms with Crippen molar-refractivity contribution in [2.75, 3.05) is 20.3 Å². The van der Waals surface area contributed by atoms with Crippen LogP contribution in [0.2, 0.25) is 0 Å². The van der Waals surface area contributed by atoms with E-state index in [0.29, 0.717) is 13.2 Å². The Hall–Kier alpha value is -0.570. The van der Waals surface area contributed by atoms with Crippen molar-refractivity contribution in [3.63, 3.8) is 0 Å². The Balaban J connectivity index is 4.65. The van der Waals surface area contributed by atoms with Crippen LogP contribution in [0.25, 0.3) is 0 Å². The van der Waals surface area contributed by atoms with Crippen LogP contribution in [0, 0.1) is 16.7 Å². The molecular weight excluding hydrogens is 216 g/mol. The lowest BCUT2D eigenvalue weighted by molar-refractivity contribution is -0.161. The van der Waals surface area contributed by atoms with Crippen LogP contribution in [0.1, 0.15) is 48.0 Å². The van der Waals surface area contributed by atoms with Crippen LogP contribution in [0.4, 0.5) is 0 Å². The molecule has 0 aliphatic rings. The van der Waals surface area contributed by atoms with Gasteiger partial charge in [-0.1, -0.05) is 34.6 Å². The fourth-order valence-corrected chi connectivity index (χ4v) is 2.00. The first-order valence-electron chi connectivity index (χ1n) is 6.29. The van der Waals surface area contributed by atoms with E-state index in [9.17, 15) is 4.79 Å². The van der Waals surface area contributed by atoms with Gasteiger partial charge in [0.2, 0.25) is 0 Å². The maximum atomic E-state index is 12.2. The molecule has 3 nitrogen and oxygen atoms in total. The molecule has 0 aliphatic carbocycles. The van der Waals surface area contributed by atoms with Crippen LogP contribution in [-0.2, 0) is 14.3 Å². The summed E-state index contributed by atoms with van der Waals surface area (Å²) in [5, 5.41) is 0. The van der Waals surface area contributed by atoms with Crippen LogP contribution < -0.4 is 0 Å². The molecule has 102 valence electrons. The number of hydrogen-bond donors (Lipinski definition) is 0. The molecule has 0 aromatic heterocycles. The summed E-state index contributed by atoms with van der Waals surface area (Å²) in [5.41, 5.74) is -0.314. The summed E-state index contributed by atoms with van der Waals surface area (Å²) >= 11 is 0. The number of hydrogen-bond acceptors (Lipinski definition) is 3. The van der Waals surface area contributed by atoms with Crippen LogP contribution in [-0.4, -0.2) is 26.3 Å². The topological polar surface area (TPSA) is 35.5 Å². The van der Waals surface area contributed by atoms with Gasteiger partial charge in [0.15, 0.2) is 0 Å². The second kappa shape index (κ2) is 6.39. The van der Waals surface area contributed by atoms with E-state index in [4.69, 9.17) is 9.47 Å². The molecule has 17 heavy (non-hydrogen) atoms. The van der Waals surface area contributed by atoms with Gasteiger partial charge in [-0.2, -0.15) is 0 Å². The molecule has 0 spiro atoms.